The van der Waals surface area contributed by atoms with Crippen molar-refractivity contribution in [2.45, 2.75) is 37.6 Å². The fourth-order valence-corrected chi connectivity index (χ4v) is 4.34. The fourth-order valence-electron chi connectivity index (χ4n) is 3.35. The van der Waals surface area contributed by atoms with Crippen molar-refractivity contribution in [3.8, 4) is 0 Å². The fraction of sp³-hybridized carbons (Fsp3) is 0.389. The molecule has 0 saturated carbocycles. The molecule has 3 heterocycles. The number of imidazole rings is 1. The number of hydrogen-bond acceptors (Lipinski definition) is 8. The summed E-state index contributed by atoms with van der Waals surface area (Å²) in [6.45, 7) is -0.356. The quantitative estimate of drug-likeness (QED) is 0.287. The number of aliphatic hydroxyl groups is 1. The Hall–Kier alpha value is -2.18. The first kappa shape index (κ1) is 23.0. The number of nitrogens with one attached hydrogen (secondary N) is 1. The van der Waals surface area contributed by atoms with E-state index < -0.39 is 39.0 Å². The van der Waals surface area contributed by atoms with Crippen LogP contribution >= 0.6 is 19.3 Å². The first-order chi connectivity index (χ1) is 15.2. The van der Waals surface area contributed by atoms with Crippen molar-refractivity contribution in [2.24, 2.45) is 0 Å². The van der Waals surface area contributed by atoms with Crippen LogP contribution in [0.3, 0.4) is 0 Å². The number of aliphatic hydroxyl groups excluding tert-OH is 1. The van der Waals surface area contributed by atoms with Gasteiger partial charge in [-0.2, -0.15) is 9.97 Å². The topological polar surface area (TPSA) is 158 Å². The predicted octanol–water partition coefficient (Wildman–Crippen LogP) is 1.96. The van der Waals surface area contributed by atoms with E-state index in [-0.39, 0.29) is 35.2 Å². The SMILES string of the molecule is Nc1nc(Cl)nc2c1ncn2[C@@H]1O[C@H](COP(=O)(O)NCc2ccccc2)[C@H](O)CC1F. The lowest BCUT2D eigenvalue weighted by atomic mass is 10.0. The molecule has 0 aliphatic carbocycles. The number of nitrogens with two attached hydrogens (primary N) is 1. The standard InChI is InChI=1S/C18H21ClFN6O5P/c19-18-24-15(21)14-16(25-18)26(9-22-14)17-11(20)6-12(27)13(31-17)8-30-32(28,29)23-7-10-4-2-1-3-5-10/h1-5,9,11-13,17,27H,6-8H2,(H2,21,24,25)(H2,23,28,29)/t11?,12-,13-,17-/m1/s1. The second-order valence-electron chi connectivity index (χ2n) is 7.22. The number of nitrogen functional groups attached to an aromatic ring is 1. The summed E-state index contributed by atoms with van der Waals surface area (Å²) in [6, 6.07) is 8.99. The highest BCUT2D eigenvalue weighted by molar-refractivity contribution is 7.50. The van der Waals surface area contributed by atoms with Gasteiger partial charge < -0.3 is 20.5 Å². The average Bonchev–Trinajstić information content (AvgIpc) is 3.16. The third-order valence-corrected chi connectivity index (χ3v) is 6.18. The number of benzene rings is 1. The van der Waals surface area contributed by atoms with Crippen LogP contribution in [0.1, 0.15) is 18.2 Å². The first-order valence-corrected chi connectivity index (χ1v) is 11.6. The lowest BCUT2D eigenvalue weighted by molar-refractivity contribution is -0.186. The third-order valence-electron chi connectivity index (χ3n) is 4.95. The van der Waals surface area contributed by atoms with Crippen molar-refractivity contribution in [2.75, 3.05) is 12.3 Å². The monoisotopic (exact) mass is 486 g/mol. The minimum Gasteiger partial charge on any atom is -0.390 e. The Bertz CT molecular complexity index is 1140. The molecule has 1 fully saturated rings. The summed E-state index contributed by atoms with van der Waals surface area (Å²) >= 11 is 5.85. The van der Waals surface area contributed by atoms with E-state index in [1.54, 1.807) is 24.3 Å². The minimum absolute atomic E-state index is 0.0237. The molecule has 14 heteroatoms. The molecule has 1 saturated heterocycles. The van der Waals surface area contributed by atoms with Gasteiger partial charge in [0.05, 0.1) is 19.0 Å². The van der Waals surface area contributed by atoms with Gasteiger partial charge >= 0.3 is 7.75 Å². The molecule has 3 aromatic rings. The van der Waals surface area contributed by atoms with E-state index >= 15 is 0 Å². The third kappa shape index (κ3) is 5.07. The molecular formula is C18H21ClFN6O5P. The van der Waals surface area contributed by atoms with Gasteiger partial charge in [0.1, 0.15) is 17.8 Å². The van der Waals surface area contributed by atoms with Gasteiger partial charge in [0.25, 0.3) is 0 Å². The smallest absolute Gasteiger partial charge is 0.390 e. The van der Waals surface area contributed by atoms with Gasteiger partial charge in [-0.3, -0.25) is 9.09 Å². The molecule has 5 atom stereocenters. The van der Waals surface area contributed by atoms with E-state index in [1.807, 2.05) is 6.07 Å². The summed E-state index contributed by atoms with van der Waals surface area (Å²) in [5.74, 6) is 0.0237. The van der Waals surface area contributed by atoms with Crippen molar-refractivity contribution >= 4 is 36.3 Å². The zero-order chi connectivity index (χ0) is 22.9. The predicted molar refractivity (Wildman–Crippen MR) is 113 cm³/mol. The van der Waals surface area contributed by atoms with Crippen LogP contribution in [0.25, 0.3) is 11.2 Å². The van der Waals surface area contributed by atoms with Gasteiger partial charge in [0, 0.05) is 13.0 Å². The van der Waals surface area contributed by atoms with Crippen LogP contribution < -0.4 is 10.8 Å². The van der Waals surface area contributed by atoms with Crippen LogP contribution in [0.4, 0.5) is 10.2 Å². The molecule has 11 nitrogen and oxygen atoms in total. The molecule has 5 N–H and O–H groups in total. The molecule has 32 heavy (non-hydrogen) atoms. The summed E-state index contributed by atoms with van der Waals surface area (Å²) in [6.07, 6.45) is -4.22. The Morgan fingerprint density at radius 1 is 1.38 bits per heavy atom. The molecule has 1 aliphatic heterocycles. The maximum Gasteiger partial charge on any atom is 0.403 e. The van der Waals surface area contributed by atoms with Crippen LogP contribution in [0.15, 0.2) is 36.7 Å². The summed E-state index contributed by atoms with van der Waals surface area (Å²) in [7, 11) is -4.21. The Morgan fingerprint density at radius 3 is 2.88 bits per heavy atom. The molecule has 1 aliphatic rings. The molecule has 172 valence electrons. The zero-order valence-electron chi connectivity index (χ0n) is 16.6. The van der Waals surface area contributed by atoms with E-state index in [9.17, 15) is 19.0 Å². The Kier molecular flexibility index (Phi) is 6.72. The van der Waals surface area contributed by atoms with Gasteiger partial charge in [-0.25, -0.2) is 19.0 Å². The van der Waals surface area contributed by atoms with Gasteiger partial charge in [-0.05, 0) is 17.2 Å². The molecule has 0 spiro atoms. The van der Waals surface area contributed by atoms with E-state index in [1.165, 1.54) is 10.9 Å². The lowest BCUT2D eigenvalue weighted by Gasteiger charge is -2.36. The second-order valence-corrected chi connectivity index (χ2v) is 9.18. The van der Waals surface area contributed by atoms with Crippen LogP contribution in [-0.4, -0.2) is 54.5 Å². The molecule has 2 unspecified atom stereocenters. The van der Waals surface area contributed by atoms with Gasteiger partial charge in [-0.15, -0.1) is 0 Å². The molecule has 4 rings (SSSR count). The lowest BCUT2D eigenvalue weighted by Crippen LogP contribution is -2.45. The van der Waals surface area contributed by atoms with Gasteiger partial charge in [0.2, 0.25) is 5.28 Å². The molecule has 0 radical (unpaired) electrons. The molecule has 0 bridgehead atoms. The number of fused-ring (bicyclic) bond motifs is 1. The summed E-state index contributed by atoms with van der Waals surface area (Å²) < 4.78 is 39.1. The number of alkyl halides is 1. The number of nitrogens with zero attached hydrogens (tertiary/aromatic N) is 4. The Morgan fingerprint density at radius 2 is 2.12 bits per heavy atom. The van der Waals surface area contributed by atoms with E-state index in [0.717, 1.165) is 5.56 Å². The number of hydrogen-bond donors (Lipinski definition) is 4. The largest absolute Gasteiger partial charge is 0.403 e. The number of anilines is 1. The van der Waals surface area contributed by atoms with Crippen LogP contribution in [0, 0.1) is 0 Å². The van der Waals surface area contributed by atoms with Crippen molar-refractivity contribution < 1.29 is 28.2 Å². The van der Waals surface area contributed by atoms with Crippen LogP contribution in [0.5, 0.6) is 0 Å². The maximum atomic E-state index is 14.7. The summed E-state index contributed by atoms with van der Waals surface area (Å²) in [5, 5.41) is 12.5. The van der Waals surface area contributed by atoms with Crippen LogP contribution in [0.2, 0.25) is 5.28 Å². The maximum absolute atomic E-state index is 14.7. The molecule has 2 aromatic heterocycles. The van der Waals surface area contributed by atoms with E-state index in [0.29, 0.717) is 0 Å². The van der Waals surface area contributed by atoms with E-state index in [2.05, 4.69) is 20.0 Å². The van der Waals surface area contributed by atoms with Crippen molar-refractivity contribution in [1.29, 1.82) is 0 Å². The summed E-state index contributed by atoms with van der Waals surface area (Å²) in [5.41, 5.74) is 6.93. The highest BCUT2D eigenvalue weighted by Crippen LogP contribution is 2.39. The normalized spacial score (nSPS) is 25.6. The average molecular weight is 487 g/mol. The number of ether oxygens (including phenoxy) is 1. The number of halogens is 2. The number of aromatic nitrogens is 4. The van der Waals surface area contributed by atoms with E-state index in [4.69, 9.17) is 26.6 Å². The summed E-state index contributed by atoms with van der Waals surface area (Å²) in [4.78, 5) is 21.9. The Balaban J connectivity index is 1.44. The van der Waals surface area contributed by atoms with Crippen molar-refractivity contribution in [3.63, 3.8) is 0 Å². The molecular weight excluding hydrogens is 466 g/mol. The van der Waals surface area contributed by atoms with Crippen LogP contribution in [-0.2, 0) is 20.4 Å². The molecule has 1 aromatic carbocycles. The molecule has 0 amide bonds. The van der Waals surface area contributed by atoms with Crippen molar-refractivity contribution in [3.05, 3.63) is 47.5 Å². The highest BCUT2D eigenvalue weighted by Gasteiger charge is 2.40. The van der Waals surface area contributed by atoms with Crippen molar-refractivity contribution in [1.82, 2.24) is 24.6 Å². The second kappa shape index (κ2) is 9.36. The van der Waals surface area contributed by atoms with Gasteiger partial charge in [0.15, 0.2) is 17.7 Å². The number of rotatable bonds is 7. The zero-order valence-corrected chi connectivity index (χ0v) is 18.2. The first-order valence-electron chi connectivity index (χ1n) is 9.63. The van der Waals surface area contributed by atoms with Gasteiger partial charge in [-0.1, -0.05) is 30.3 Å². The minimum atomic E-state index is -4.21. The highest BCUT2D eigenvalue weighted by atomic mass is 35.5. The Labute approximate surface area is 186 Å².